The minimum absolute atomic E-state index is 0.754. The van der Waals surface area contributed by atoms with Crippen LogP contribution >= 0.6 is 0 Å². The number of nitrogens with zero attached hydrogens (tertiary/aromatic N) is 1. The lowest BCUT2D eigenvalue weighted by Crippen LogP contribution is -2.22. The first kappa shape index (κ1) is 13.5. The van der Waals surface area contributed by atoms with E-state index in [-0.39, 0.29) is 0 Å². The van der Waals surface area contributed by atoms with Gasteiger partial charge in [-0.1, -0.05) is 6.92 Å². The average molecular weight is 260 g/mol. The standard InChI is InChI=1S/C15H20N2O2/c1-3-17(11-14-5-4-8-19-14)10-12-9-13(16)6-7-15(12)18-2/h4-9H,3,10-11,16H2,1-2H3. The molecule has 0 radical (unpaired) electrons. The van der Waals surface area contributed by atoms with Gasteiger partial charge in [0.2, 0.25) is 0 Å². The number of hydrogen-bond acceptors (Lipinski definition) is 4. The van der Waals surface area contributed by atoms with Crippen LogP contribution in [0, 0.1) is 0 Å². The van der Waals surface area contributed by atoms with Gasteiger partial charge in [-0.3, -0.25) is 4.90 Å². The average Bonchev–Trinajstić information content (AvgIpc) is 2.91. The lowest BCUT2D eigenvalue weighted by atomic mass is 10.1. The van der Waals surface area contributed by atoms with E-state index < -0.39 is 0 Å². The summed E-state index contributed by atoms with van der Waals surface area (Å²) in [5.41, 5.74) is 7.69. The fourth-order valence-electron chi connectivity index (χ4n) is 2.07. The van der Waals surface area contributed by atoms with Crippen LogP contribution in [-0.2, 0) is 13.1 Å². The van der Waals surface area contributed by atoms with Crippen LogP contribution in [0.1, 0.15) is 18.2 Å². The first-order valence-corrected chi connectivity index (χ1v) is 6.40. The molecule has 0 bridgehead atoms. The Hall–Kier alpha value is -1.94. The van der Waals surface area contributed by atoms with Crippen LogP contribution < -0.4 is 10.5 Å². The summed E-state index contributed by atoms with van der Waals surface area (Å²) < 4.78 is 10.8. The van der Waals surface area contributed by atoms with Crippen molar-refractivity contribution >= 4 is 5.69 Å². The molecule has 0 aliphatic carbocycles. The molecule has 2 aromatic rings. The van der Waals surface area contributed by atoms with Crippen molar-refractivity contribution in [3.05, 3.63) is 47.9 Å². The topological polar surface area (TPSA) is 51.6 Å². The Kier molecular flexibility index (Phi) is 4.47. The SMILES string of the molecule is CCN(Cc1ccco1)Cc1cc(N)ccc1OC. The Morgan fingerprint density at radius 2 is 2.11 bits per heavy atom. The van der Waals surface area contributed by atoms with Crippen molar-refractivity contribution in [2.24, 2.45) is 0 Å². The van der Waals surface area contributed by atoms with Gasteiger partial charge in [0.1, 0.15) is 11.5 Å². The van der Waals surface area contributed by atoms with E-state index in [2.05, 4.69) is 11.8 Å². The first-order chi connectivity index (χ1) is 9.22. The van der Waals surface area contributed by atoms with E-state index in [1.54, 1.807) is 13.4 Å². The number of furan rings is 1. The zero-order chi connectivity index (χ0) is 13.7. The first-order valence-electron chi connectivity index (χ1n) is 6.40. The zero-order valence-corrected chi connectivity index (χ0v) is 11.4. The van der Waals surface area contributed by atoms with Crippen LogP contribution in [0.15, 0.2) is 41.0 Å². The number of nitrogen functional groups attached to an aromatic ring is 1. The van der Waals surface area contributed by atoms with Crippen molar-refractivity contribution < 1.29 is 9.15 Å². The molecule has 0 saturated carbocycles. The molecule has 4 heteroatoms. The van der Waals surface area contributed by atoms with Gasteiger partial charge in [-0.05, 0) is 36.9 Å². The van der Waals surface area contributed by atoms with Gasteiger partial charge in [0.15, 0.2) is 0 Å². The Balaban J connectivity index is 2.11. The van der Waals surface area contributed by atoms with Crippen LogP contribution in [0.25, 0.3) is 0 Å². The predicted molar refractivity (Wildman–Crippen MR) is 75.9 cm³/mol. The van der Waals surface area contributed by atoms with Crippen LogP contribution in [0.3, 0.4) is 0 Å². The van der Waals surface area contributed by atoms with E-state index in [4.69, 9.17) is 14.9 Å². The summed E-state index contributed by atoms with van der Waals surface area (Å²) >= 11 is 0. The molecule has 0 spiro atoms. The van der Waals surface area contributed by atoms with Crippen molar-refractivity contribution in [1.82, 2.24) is 4.90 Å². The number of nitrogens with two attached hydrogens (primary N) is 1. The molecule has 4 nitrogen and oxygen atoms in total. The molecule has 1 aromatic carbocycles. The Morgan fingerprint density at radius 3 is 2.74 bits per heavy atom. The largest absolute Gasteiger partial charge is 0.496 e. The maximum atomic E-state index is 5.84. The second kappa shape index (κ2) is 6.29. The van der Waals surface area contributed by atoms with Gasteiger partial charge in [-0.2, -0.15) is 0 Å². The second-order valence-corrected chi connectivity index (χ2v) is 4.45. The molecule has 1 heterocycles. The lowest BCUT2D eigenvalue weighted by molar-refractivity contribution is 0.244. The maximum Gasteiger partial charge on any atom is 0.123 e. The fraction of sp³-hybridized carbons (Fsp3) is 0.333. The summed E-state index contributed by atoms with van der Waals surface area (Å²) in [6.45, 7) is 4.62. The molecule has 0 saturated heterocycles. The van der Waals surface area contributed by atoms with Gasteiger partial charge >= 0.3 is 0 Å². The summed E-state index contributed by atoms with van der Waals surface area (Å²) in [6, 6.07) is 9.61. The Morgan fingerprint density at radius 1 is 1.26 bits per heavy atom. The van der Waals surface area contributed by atoms with Gasteiger partial charge in [0.25, 0.3) is 0 Å². The lowest BCUT2D eigenvalue weighted by Gasteiger charge is -2.20. The molecule has 102 valence electrons. The van der Waals surface area contributed by atoms with Gasteiger partial charge in [-0.25, -0.2) is 0 Å². The highest BCUT2D eigenvalue weighted by Gasteiger charge is 2.10. The third-order valence-corrected chi connectivity index (χ3v) is 3.11. The monoisotopic (exact) mass is 260 g/mol. The normalized spacial score (nSPS) is 10.9. The number of benzene rings is 1. The van der Waals surface area contributed by atoms with Crippen molar-refractivity contribution in [2.45, 2.75) is 20.0 Å². The quantitative estimate of drug-likeness (QED) is 0.811. The molecule has 0 fully saturated rings. The molecule has 1 aromatic heterocycles. The second-order valence-electron chi connectivity index (χ2n) is 4.45. The highest BCUT2D eigenvalue weighted by atomic mass is 16.5. The Bertz CT molecular complexity index is 509. The van der Waals surface area contributed by atoms with Crippen molar-refractivity contribution in [3.8, 4) is 5.75 Å². The van der Waals surface area contributed by atoms with Crippen LogP contribution in [0.4, 0.5) is 5.69 Å². The predicted octanol–water partition coefficient (Wildman–Crippen LogP) is 2.89. The molecule has 2 rings (SSSR count). The number of methoxy groups -OCH3 is 1. The van der Waals surface area contributed by atoms with E-state index in [9.17, 15) is 0 Å². The summed E-state index contributed by atoms with van der Waals surface area (Å²) in [6.07, 6.45) is 1.70. The fourth-order valence-corrected chi connectivity index (χ4v) is 2.07. The summed E-state index contributed by atoms with van der Waals surface area (Å²) in [5, 5.41) is 0. The van der Waals surface area contributed by atoms with E-state index in [0.29, 0.717) is 0 Å². The molecule has 0 aliphatic heterocycles. The van der Waals surface area contributed by atoms with Crippen LogP contribution in [-0.4, -0.2) is 18.6 Å². The van der Waals surface area contributed by atoms with E-state index in [0.717, 1.165) is 42.4 Å². The number of rotatable bonds is 6. The highest BCUT2D eigenvalue weighted by molar-refractivity contribution is 5.47. The number of ether oxygens (including phenoxy) is 1. The Labute approximate surface area is 113 Å². The van der Waals surface area contributed by atoms with Crippen LogP contribution in [0.2, 0.25) is 0 Å². The minimum Gasteiger partial charge on any atom is -0.496 e. The molecule has 0 unspecified atom stereocenters. The summed E-state index contributed by atoms with van der Waals surface area (Å²) in [4.78, 5) is 2.27. The highest BCUT2D eigenvalue weighted by Crippen LogP contribution is 2.23. The van der Waals surface area contributed by atoms with Crippen LogP contribution in [0.5, 0.6) is 5.75 Å². The zero-order valence-electron chi connectivity index (χ0n) is 11.4. The smallest absolute Gasteiger partial charge is 0.123 e. The molecule has 2 N–H and O–H groups in total. The summed E-state index contributed by atoms with van der Waals surface area (Å²) in [5.74, 6) is 1.83. The molecular weight excluding hydrogens is 240 g/mol. The third-order valence-electron chi connectivity index (χ3n) is 3.11. The number of anilines is 1. The van der Waals surface area contributed by atoms with Gasteiger partial charge in [0, 0.05) is 17.8 Å². The minimum atomic E-state index is 0.754. The van der Waals surface area contributed by atoms with Gasteiger partial charge in [0.05, 0.1) is 19.9 Å². The molecule has 19 heavy (non-hydrogen) atoms. The van der Waals surface area contributed by atoms with Gasteiger partial charge < -0.3 is 14.9 Å². The van der Waals surface area contributed by atoms with E-state index in [1.807, 2.05) is 30.3 Å². The summed E-state index contributed by atoms with van der Waals surface area (Å²) in [7, 11) is 1.68. The molecule has 0 aliphatic rings. The third kappa shape index (κ3) is 3.51. The molecule has 0 atom stereocenters. The van der Waals surface area contributed by atoms with E-state index >= 15 is 0 Å². The van der Waals surface area contributed by atoms with Crippen molar-refractivity contribution in [1.29, 1.82) is 0 Å². The molecular formula is C15H20N2O2. The van der Waals surface area contributed by atoms with Gasteiger partial charge in [-0.15, -0.1) is 0 Å². The van der Waals surface area contributed by atoms with Crippen molar-refractivity contribution in [2.75, 3.05) is 19.4 Å². The van der Waals surface area contributed by atoms with E-state index in [1.165, 1.54) is 0 Å². The molecule has 0 amide bonds. The number of hydrogen-bond donors (Lipinski definition) is 1. The maximum absolute atomic E-state index is 5.84. The van der Waals surface area contributed by atoms with Crippen molar-refractivity contribution in [3.63, 3.8) is 0 Å².